The molecule has 0 bridgehead atoms. The molecule has 0 saturated carbocycles. The number of ether oxygens (including phenoxy) is 1. The monoisotopic (exact) mass is 453 g/mol. The summed E-state index contributed by atoms with van der Waals surface area (Å²) in [5.74, 6) is -1.93. The van der Waals surface area contributed by atoms with Crippen LogP contribution in [0.4, 0.5) is 18.9 Å². The first-order valence-electron chi connectivity index (χ1n) is 9.90. The number of anilines is 1. The number of hydrogen-bond donors (Lipinski definition) is 1. The summed E-state index contributed by atoms with van der Waals surface area (Å²) in [6.07, 6.45) is -4.64. The minimum Gasteiger partial charge on any atom is -0.507 e. The summed E-state index contributed by atoms with van der Waals surface area (Å²) >= 11 is 0. The van der Waals surface area contributed by atoms with Gasteiger partial charge in [0.1, 0.15) is 11.5 Å². The number of nitrogens with zero attached hydrogens (tertiary/aromatic N) is 1. The second kappa shape index (κ2) is 8.46. The third-order valence-electron chi connectivity index (χ3n) is 5.37. The average Bonchev–Trinajstić information content (AvgIpc) is 3.09. The van der Waals surface area contributed by atoms with E-state index in [0.717, 1.165) is 17.0 Å². The van der Waals surface area contributed by atoms with E-state index in [4.69, 9.17) is 4.74 Å². The van der Waals surface area contributed by atoms with Crippen molar-refractivity contribution in [3.8, 4) is 5.75 Å². The largest absolute Gasteiger partial charge is 0.507 e. The number of hydrogen-bond acceptors (Lipinski definition) is 4. The summed E-state index contributed by atoms with van der Waals surface area (Å²) in [7, 11) is 1.47. The van der Waals surface area contributed by atoms with E-state index >= 15 is 0 Å². The molecule has 1 heterocycles. The normalized spacial score (nSPS) is 17.9. The molecular formula is C25H18F3NO4. The molecule has 0 unspecified atom stereocenters. The van der Waals surface area contributed by atoms with Gasteiger partial charge in [0.05, 0.1) is 24.3 Å². The zero-order chi connectivity index (χ0) is 23.8. The van der Waals surface area contributed by atoms with Crippen molar-refractivity contribution < 1.29 is 32.6 Å². The predicted octanol–water partition coefficient (Wildman–Crippen LogP) is 5.34. The first-order valence-corrected chi connectivity index (χ1v) is 9.90. The number of carbonyl (C=O) groups excluding carboxylic acids is 2. The van der Waals surface area contributed by atoms with Crippen LogP contribution in [-0.2, 0) is 15.8 Å². The Morgan fingerprint density at radius 2 is 1.61 bits per heavy atom. The van der Waals surface area contributed by atoms with Crippen molar-refractivity contribution >= 4 is 23.1 Å². The van der Waals surface area contributed by atoms with Gasteiger partial charge in [-0.3, -0.25) is 14.5 Å². The topological polar surface area (TPSA) is 66.8 Å². The number of alkyl halides is 3. The number of aliphatic hydroxyl groups excluding tert-OH is 1. The molecule has 1 aliphatic heterocycles. The maximum atomic E-state index is 13.3. The Kier molecular flexibility index (Phi) is 5.68. The van der Waals surface area contributed by atoms with Crippen LogP contribution in [0.25, 0.3) is 5.76 Å². The molecule has 1 N–H and O–H groups in total. The van der Waals surface area contributed by atoms with E-state index in [1.165, 1.54) is 19.2 Å². The van der Waals surface area contributed by atoms with Crippen molar-refractivity contribution in [3.63, 3.8) is 0 Å². The van der Waals surface area contributed by atoms with Gasteiger partial charge in [-0.15, -0.1) is 0 Å². The highest BCUT2D eigenvalue weighted by Crippen LogP contribution is 2.43. The van der Waals surface area contributed by atoms with Crippen LogP contribution >= 0.6 is 0 Å². The molecule has 1 fully saturated rings. The van der Waals surface area contributed by atoms with Gasteiger partial charge in [-0.1, -0.05) is 48.5 Å². The fraction of sp³-hybridized carbons (Fsp3) is 0.120. The summed E-state index contributed by atoms with van der Waals surface area (Å²) in [6, 6.07) is 17.6. The van der Waals surface area contributed by atoms with Gasteiger partial charge in [-0.05, 0) is 35.9 Å². The summed E-state index contributed by atoms with van der Waals surface area (Å²) in [4.78, 5) is 27.1. The minimum absolute atomic E-state index is 0.111. The number of halogens is 3. The lowest BCUT2D eigenvalue weighted by atomic mass is 9.95. The number of Topliss-reactive ketones (excluding diaryl/α,β-unsaturated/α-hetero) is 1. The molecule has 33 heavy (non-hydrogen) atoms. The molecule has 5 nitrogen and oxygen atoms in total. The van der Waals surface area contributed by atoms with Gasteiger partial charge in [-0.2, -0.15) is 13.2 Å². The third kappa shape index (κ3) is 4.07. The fourth-order valence-electron chi connectivity index (χ4n) is 3.78. The Bertz CT molecular complexity index is 1230. The van der Waals surface area contributed by atoms with Crippen molar-refractivity contribution in [1.29, 1.82) is 0 Å². The molecular weight excluding hydrogens is 435 g/mol. The molecule has 0 spiro atoms. The van der Waals surface area contributed by atoms with Gasteiger partial charge in [0.2, 0.25) is 0 Å². The van der Waals surface area contributed by atoms with Crippen LogP contribution in [0.5, 0.6) is 5.75 Å². The van der Waals surface area contributed by atoms with E-state index in [-0.39, 0.29) is 11.3 Å². The third-order valence-corrected chi connectivity index (χ3v) is 5.37. The summed E-state index contributed by atoms with van der Waals surface area (Å²) in [5.41, 5.74) is -0.560. The van der Waals surface area contributed by atoms with Crippen LogP contribution in [0.15, 0.2) is 84.4 Å². The van der Waals surface area contributed by atoms with E-state index in [9.17, 15) is 27.9 Å². The van der Waals surface area contributed by atoms with Gasteiger partial charge in [0.25, 0.3) is 11.7 Å². The number of carbonyl (C=O) groups is 2. The summed E-state index contributed by atoms with van der Waals surface area (Å²) < 4.78 is 45.1. The van der Waals surface area contributed by atoms with E-state index < -0.39 is 35.2 Å². The van der Waals surface area contributed by atoms with Crippen LogP contribution in [0, 0.1) is 0 Å². The molecule has 0 aliphatic carbocycles. The molecule has 1 saturated heterocycles. The lowest BCUT2D eigenvalue weighted by Gasteiger charge is -2.26. The van der Waals surface area contributed by atoms with Crippen molar-refractivity contribution in [2.24, 2.45) is 0 Å². The van der Waals surface area contributed by atoms with Crippen LogP contribution in [-0.4, -0.2) is 23.9 Å². The number of methoxy groups -OCH3 is 1. The first kappa shape index (κ1) is 22.1. The minimum atomic E-state index is -4.64. The molecule has 1 aliphatic rings. The number of amides is 1. The molecule has 8 heteroatoms. The lowest BCUT2D eigenvalue weighted by Crippen LogP contribution is -2.29. The molecule has 0 aromatic heterocycles. The quantitative estimate of drug-likeness (QED) is 0.329. The molecule has 3 aromatic rings. The second-order valence-electron chi connectivity index (χ2n) is 7.36. The summed E-state index contributed by atoms with van der Waals surface area (Å²) in [5, 5.41) is 11.0. The van der Waals surface area contributed by atoms with E-state index in [1.807, 2.05) is 0 Å². The smallest absolute Gasteiger partial charge is 0.416 e. The van der Waals surface area contributed by atoms with Gasteiger partial charge < -0.3 is 9.84 Å². The van der Waals surface area contributed by atoms with Crippen molar-refractivity contribution in [2.45, 2.75) is 12.2 Å². The molecule has 1 atom stereocenters. The lowest BCUT2D eigenvalue weighted by molar-refractivity contribution is -0.137. The molecule has 4 rings (SSSR count). The maximum Gasteiger partial charge on any atom is 0.416 e. The highest BCUT2D eigenvalue weighted by molar-refractivity contribution is 6.51. The number of benzene rings is 3. The van der Waals surface area contributed by atoms with Gasteiger partial charge in [-0.25, -0.2) is 0 Å². The summed E-state index contributed by atoms with van der Waals surface area (Å²) in [6.45, 7) is 0. The Morgan fingerprint density at radius 1 is 0.939 bits per heavy atom. The van der Waals surface area contributed by atoms with Crippen molar-refractivity contribution in [3.05, 3.63) is 101 Å². The van der Waals surface area contributed by atoms with Gasteiger partial charge in [0.15, 0.2) is 0 Å². The van der Waals surface area contributed by atoms with Crippen LogP contribution in [0.1, 0.15) is 22.7 Å². The van der Waals surface area contributed by atoms with Crippen LogP contribution in [0.3, 0.4) is 0 Å². The zero-order valence-electron chi connectivity index (χ0n) is 17.3. The molecule has 0 radical (unpaired) electrons. The fourth-order valence-corrected chi connectivity index (χ4v) is 3.78. The Hall–Kier alpha value is -4.07. The zero-order valence-corrected chi connectivity index (χ0v) is 17.3. The standard InChI is InChI=1S/C25H18F3NO4/c1-33-19-12-10-15(11-13-19)21-20(22(30)16-6-3-2-4-7-16)23(31)24(32)29(21)18-9-5-8-17(14-18)25(26,27)28/h2-14,21,30H,1H3/t21-/m1/s1. The van der Waals surface area contributed by atoms with Crippen molar-refractivity contribution in [1.82, 2.24) is 0 Å². The average molecular weight is 453 g/mol. The maximum absolute atomic E-state index is 13.3. The first-order chi connectivity index (χ1) is 15.7. The highest BCUT2D eigenvalue weighted by Gasteiger charge is 2.47. The molecule has 168 valence electrons. The number of ketones is 1. The Labute approximate surface area is 187 Å². The van der Waals surface area contributed by atoms with Crippen LogP contribution < -0.4 is 9.64 Å². The van der Waals surface area contributed by atoms with Gasteiger partial charge >= 0.3 is 6.18 Å². The van der Waals surface area contributed by atoms with E-state index in [0.29, 0.717) is 16.9 Å². The second-order valence-corrected chi connectivity index (χ2v) is 7.36. The van der Waals surface area contributed by atoms with Gasteiger partial charge in [0, 0.05) is 11.3 Å². The van der Waals surface area contributed by atoms with E-state index in [2.05, 4.69) is 0 Å². The molecule has 3 aromatic carbocycles. The predicted molar refractivity (Wildman–Crippen MR) is 116 cm³/mol. The van der Waals surface area contributed by atoms with Crippen LogP contribution in [0.2, 0.25) is 0 Å². The Morgan fingerprint density at radius 3 is 2.21 bits per heavy atom. The SMILES string of the molecule is COc1ccc([C@@H]2C(=C(O)c3ccccc3)C(=O)C(=O)N2c2cccc(C(F)(F)F)c2)cc1. The Balaban J connectivity index is 1.94. The molecule has 1 amide bonds. The van der Waals surface area contributed by atoms with Crippen molar-refractivity contribution in [2.75, 3.05) is 12.0 Å². The highest BCUT2D eigenvalue weighted by atomic mass is 19.4. The van der Waals surface area contributed by atoms with E-state index in [1.54, 1.807) is 54.6 Å². The number of aliphatic hydroxyl groups is 1. The number of rotatable bonds is 4.